The summed E-state index contributed by atoms with van der Waals surface area (Å²) in [5.74, 6) is -0.362. The van der Waals surface area contributed by atoms with E-state index >= 15 is 0 Å². The molecule has 0 aliphatic rings. The number of hydrogen-bond acceptors (Lipinski definition) is 3. The number of phenolic OH excluding ortho intramolecular Hbond substituents is 1. The van der Waals surface area contributed by atoms with Gasteiger partial charge in [0.25, 0.3) is 0 Å². The number of benzene rings is 6. The molecule has 0 atom stereocenters. The maximum atomic E-state index is 12.3. The van der Waals surface area contributed by atoms with Gasteiger partial charge in [-0.15, -0.1) is 29.3 Å². The second kappa shape index (κ2) is 16.5. The van der Waals surface area contributed by atoms with E-state index < -0.39 is 82.7 Å². The number of hydrogen-bond donors (Lipinski definition) is 1. The molecular formula is C55H54N3OPt-. The van der Waals surface area contributed by atoms with E-state index in [2.05, 4.69) is 11.1 Å². The van der Waals surface area contributed by atoms with Crippen molar-refractivity contribution in [3.63, 3.8) is 0 Å². The van der Waals surface area contributed by atoms with E-state index in [0.29, 0.717) is 33.5 Å². The van der Waals surface area contributed by atoms with Crippen molar-refractivity contribution in [2.75, 3.05) is 0 Å². The maximum absolute atomic E-state index is 12.3. The number of phenols is 1. The van der Waals surface area contributed by atoms with E-state index in [1.54, 1.807) is 6.07 Å². The van der Waals surface area contributed by atoms with E-state index in [0.717, 1.165) is 39.1 Å². The summed E-state index contributed by atoms with van der Waals surface area (Å²) in [6.07, 6.45) is -0.596. The van der Waals surface area contributed by atoms with Crippen LogP contribution in [0.15, 0.2) is 133 Å². The Hall–Kier alpha value is -5.57. The number of aryl methyl sites for hydroxylation is 1. The first-order valence-corrected chi connectivity index (χ1v) is 19.7. The fourth-order valence-electron chi connectivity index (χ4n) is 7.44. The summed E-state index contributed by atoms with van der Waals surface area (Å²) in [7, 11) is 0. The third-order valence-electron chi connectivity index (χ3n) is 10.6. The molecule has 0 aliphatic heterocycles. The summed E-state index contributed by atoms with van der Waals surface area (Å²) in [5.41, 5.74) is 6.26. The maximum Gasteiger partial charge on any atom is 0.148 e. The molecule has 0 fully saturated rings. The minimum atomic E-state index is -2.97. The predicted octanol–water partition coefficient (Wildman–Crippen LogP) is 14.6. The minimum absolute atomic E-state index is 0. The number of imidazole rings is 1. The van der Waals surface area contributed by atoms with Gasteiger partial charge in [0.05, 0.1) is 31.9 Å². The van der Waals surface area contributed by atoms with E-state index in [9.17, 15) is 6.48 Å². The van der Waals surface area contributed by atoms with E-state index in [-0.39, 0.29) is 38.1 Å². The quantitative estimate of drug-likeness (QED) is 0.162. The van der Waals surface area contributed by atoms with Gasteiger partial charge in [-0.3, -0.25) is 9.55 Å². The van der Waals surface area contributed by atoms with Gasteiger partial charge in [0.1, 0.15) is 11.6 Å². The van der Waals surface area contributed by atoms with Crippen LogP contribution in [-0.4, -0.2) is 19.6 Å². The summed E-state index contributed by atoms with van der Waals surface area (Å²) in [4.78, 5) is 9.85. The molecule has 5 heteroatoms. The van der Waals surface area contributed by atoms with Gasteiger partial charge in [-0.1, -0.05) is 157 Å². The summed E-state index contributed by atoms with van der Waals surface area (Å²) in [6.45, 7) is 14.9. The van der Waals surface area contributed by atoms with Crippen LogP contribution in [0.25, 0.3) is 72.7 Å². The zero-order valence-electron chi connectivity index (χ0n) is 46.3. The van der Waals surface area contributed by atoms with Crippen LogP contribution in [0.4, 0.5) is 0 Å². The van der Waals surface area contributed by atoms with Crippen LogP contribution in [0.1, 0.15) is 104 Å². The van der Waals surface area contributed by atoms with Gasteiger partial charge in [-0.2, -0.15) is 0 Å². The van der Waals surface area contributed by atoms with Crippen LogP contribution in [0.3, 0.4) is 0 Å². The number of para-hydroxylation sites is 1. The normalized spacial score (nSPS) is 14.9. The minimum Gasteiger partial charge on any atom is -0.507 e. The largest absolute Gasteiger partial charge is 0.507 e. The number of pyridine rings is 1. The van der Waals surface area contributed by atoms with Crippen LogP contribution in [-0.2, 0) is 31.9 Å². The Morgan fingerprint density at radius 1 is 0.733 bits per heavy atom. The van der Waals surface area contributed by atoms with E-state index in [1.807, 2.05) is 152 Å². The molecule has 0 saturated heterocycles. The van der Waals surface area contributed by atoms with Crippen LogP contribution >= 0.6 is 0 Å². The third kappa shape index (κ3) is 8.28. The van der Waals surface area contributed by atoms with Crippen LogP contribution < -0.4 is 0 Å². The Labute approximate surface area is 386 Å². The van der Waals surface area contributed by atoms with Gasteiger partial charge in [-0.25, -0.2) is 4.98 Å². The first-order valence-electron chi connectivity index (χ1n) is 25.2. The Morgan fingerprint density at radius 2 is 1.47 bits per heavy atom. The van der Waals surface area contributed by atoms with Crippen LogP contribution in [0.2, 0.25) is 0 Å². The van der Waals surface area contributed by atoms with E-state index in [4.69, 9.17) is 18.7 Å². The van der Waals surface area contributed by atoms with Crippen molar-refractivity contribution in [2.45, 2.75) is 85.9 Å². The van der Waals surface area contributed by atoms with Gasteiger partial charge >= 0.3 is 0 Å². The van der Waals surface area contributed by atoms with Crippen LogP contribution in [0, 0.1) is 19.8 Å². The van der Waals surface area contributed by atoms with Crippen molar-refractivity contribution in [2.24, 2.45) is 0 Å². The molecule has 0 amide bonds. The molecule has 0 aliphatic carbocycles. The monoisotopic (exact) mass is 978 g/mol. The number of fused-ring (bicyclic) bond motifs is 1. The van der Waals surface area contributed by atoms with Crippen molar-refractivity contribution in [1.29, 1.82) is 0 Å². The average Bonchev–Trinajstić information content (AvgIpc) is 3.66. The molecule has 0 radical (unpaired) electrons. The Bertz CT molecular complexity index is 3390. The number of nitrogens with zero attached hydrogens (tertiary/aromatic N) is 3. The molecule has 1 N–H and O–H groups in total. The number of aromatic nitrogens is 3. The van der Waals surface area contributed by atoms with Crippen molar-refractivity contribution < 1.29 is 41.3 Å². The van der Waals surface area contributed by atoms with Crippen molar-refractivity contribution in [3.05, 3.63) is 167 Å². The Kier molecular flexibility index (Phi) is 8.36. The van der Waals surface area contributed by atoms with Gasteiger partial charge in [0, 0.05) is 49.5 Å². The molecule has 306 valence electrons. The fourth-order valence-corrected chi connectivity index (χ4v) is 7.44. The standard InChI is InChI=1S/C55H54N3O.Pt/c1-34(2)39-23-24-49(45(32-39)38-15-12-11-13-16-38)58-50-18-14-17-44(51(50)57-53(58)46-27-36(4)28-47(52(46)59)55(8,9)10)41-29-42(31-43(30-41)54(5,6)7)48-33-40(25-26-56-48)37-21-19-35(3)20-22-37;/h11-28,30-34,59H,1-10H3;/q-1;/i3D3,19D,20D,21D,22D,25D,26D,33D,34D;. The van der Waals surface area contributed by atoms with Gasteiger partial charge in [-0.05, 0) is 88.6 Å². The number of aromatic hydroxyl groups is 1. The zero-order chi connectivity index (χ0) is 51.3. The molecular weight excluding hydrogens is 914 g/mol. The zero-order valence-corrected chi connectivity index (χ0v) is 37.5. The molecule has 0 saturated carbocycles. The third-order valence-corrected chi connectivity index (χ3v) is 10.6. The first kappa shape index (κ1) is 30.5. The smallest absolute Gasteiger partial charge is 0.148 e. The summed E-state index contributed by atoms with van der Waals surface area (Å²) in [6, 6.07) is 28.6. The Balaban J connectivity index is 0.00000741. The molecule has 0 unspecified atom stereocenters. The molecule has 60 heavy (non-hydrogen) atoms. The second-order valence-electron chi connectivity index (χ2n) is 17.4. The molecule has 2 heterocycles. The fraction of sp³-hybridized carbons (Fsp3) is 0.236. The van der Waals surface area contributed by atoms with Crippen molar-refractivity contribution in [3.8, 4) is 67.5 Å². The van der Waals surface area contributed by atoms with Crippen molar-refractivity contribution >= 4 is 11.0 Å². The molecule has 4 nitrogen and oxygen atoms in total. The van der Waals surface area contributed by atoms with Gasteiger partial charge in [0.2, 0.25) is 0 Å². The predicted molar refractivity (Wildman–Crippen MR) is 248 cm³/mol. The molecule has 2 aromatic heterocycles. The van der Waals surface area contributed by atoms with Gasteiger partial charge in [0.15, 0.2) is 0 Å². The van der Waals surface area contributed by atoms with Crippen LogP contribution in [0.5, 0.6) is 5.75 Å². The molecule has 6 aromatic carbocycles. The van der Waals surface area contributed by atoms with Gasteiger partial charge < -0.3 is 5.11 Å². The molecule has 0 spiro atoms. The summed E-state index contributed by atoms with van der Waals surface area (Å²) in [5, 5.41) is 12.3. The molecule has 8 aromatic rings. The van der Waals surface area contributed by atoms with Crippen molar-refractivity contribution in [1.82, 2.24) is 14.5 Å². The summed E-state index contributed by atoms with van der Waals surface area (Å²) >= 11 is 0. The number of rotatable bonds is 7. The SMILES string of the molecule is [2H]c1nc(-c2[c-]c(-c3cccc4c3nc(-c3cc(C)cc(C(C)(C)C)c3O)n4-c3ccc(C([2H])(C)C)cc3-c3ccccc3)cc(C(C)(C)C)c2)c([2H])c(-c2c([2H])c([2H])c(C([2H])([2H])[2H])c([2H])c2[2H])c1[2H].[Pt]. The second-order valence-corrected chi connectivity index (χ2v) is 17.4. The summed E-state index contributed by atoms with van der Waals surface area (Å²) < 4.78 is 96.9. The molecule has 0 bridgehead atoms. The topological polar surface area (TPSA) is 50.9 Å². The average molecular weight is 979 g/mol. The Morgan fingerprint density at radius 3 is 2.15 bits per heavy atom. The molecule has 8 rings (SSSR count). The van der Waals surface area contributed by atoms with E-state index in [1.165, 1.54) is 0 Å². The first-order chi connectivity index (χ1) is 32.5.